The minimum Gasteiger partial charge on any atom is -0.296 e. The zero-order chi connectivity index (χ0) is 6.57. The third-order valence-corrected chi connectivity index (χ3v) is 0.814. The molecular formula is C5H9NO2. The first-order valence-electron chi connectivity index (χ1n) is 2.14. The molecule has 8 heavy (non-hydrogen) atoms. The third-order valence-electron chi connectivity index (χ3n) is 0.814. The average Bonchev–Trinajstić information content (AvgIpc) is 1.84. The predicted molar refractivity (Wildman–Crippen MR) is 30.0 cm³/mol. The van der Waals surface area contributed by atoms with Crippen LogP contribution < -0.4 is 0 Å². The molecule has 0 aromatic rings. The maximum absolute atomic E-state index is 9.88. The van der Waals surface area contributed by atoms with Gasteiger partial charge in [-0.05, 0) is 0 Å². The van der Waals surface area contributed by atoms with Gasteiger partial charge in [0.05, 0.1) is 12.8 Å². The summed E-state index contributed by atoms with van der Waals surface area (Å²) in [6.07, 6.45) is 0.628. The molecule has 3 nitrogen and oxygen atoms in total. The van der Waals surface area contributed by atoms with Crippen LogP contribution in [-0.4, -0.2) is 25.5 Å². The Morgan fingerprint density at radius 1 is 1.88 bits per heavy atom. The van der Waals surface area contributed by atoms with Crippen LogP contribution >= 0.6 is 0 Å². The van der Waals surface area contributed by atoms with Crippen LogP contribution in [-0.2, 0) is 9.63 Å². The van der Waals surface area contributed by atoms with E-state index in [1.807, 2.05) is 0 Å². The second-order valence-electron chi connectivity index (χ2n) is 1.29. The van der Waals surface area contributed by atoms with E-state index in [0.29, 0.717) is 12.0 Å². The highest BCUT2D eigenvalue weighted by molar-refractivity contribution is 5.70. The van der Waals surface area contributed by atoms with Crippen LogP contribution in [0.25, 0.3) is 0 Å². The standard InChI is InChI=1S/C5H9NO2/c1-5(4-7)6(2)8-3/h4H,1H2,2-3H3. The van der Waals surface area contributed by atoms with Crippen molar-refractivity contribution in [3.05, 3.63) is 12.3 Å². The van der Waals surface area contributed by atoms with Gasteiger partial charge in [-0.3, -0.25) is 14.7 Å². The number of hydrogen-bond acceptors (Lipinski definition) is 3. The Morgan fingerprint density at radius 2 is 2.38 bits per heavy atom. The summed E-state index contributed by atoms with van der Waals surface area (Å²) >= 11 is 0. The molecule has 0 heterocycles. The second-order valence-corrected chi connectivity index (χ2v) is 1.29. The van der Waals surface area contributed by atoms with Crippen molar-refractivity contribution < 1.29 is 9.63 Å². The molecule has 0 saturated heterocycles. The molecule has 0 aliphatic rings. The Kier molecular flexibility index (Phi) is 2.88. The van der Waals surface area contributed by atoms with Crippen molar-refractivity contribution in [2.24, 2.45) is 0 Å². The van der Waals surface area contributed by atoms with Gasteiger partial charge in [-0.2, -0.15) is 0 Å². The molecule has 0 unspecified atom stereocenters. The molecule has 0 spiro atoms. The maximum atomic E-state index is 9.88. The summed E-state index contributed by atoms with van der Waals surface area (Å²) in [6, 6.07) is 0. The van der Waals surface area contributed by atoms with Crippen LogP contribution in [0.3, 0.4) is 0 Å². The van der Waals surface area contributed by atoms with Gasteiger partial charge >= 0.3 is 0 Å². The third kappa shape index (κ3) is 1.75. The van der Waals surface area contributed by atoms with Crippen molar-refractivity contribution in [2.45, 2.75) is 0 Å². The molecule has 0 N–H and O–H groups in total. The quantitative estimate of drug-likeness (QED) is 0.299. The Balaban J connectivity index is 3.62. The van der Waals surface area contributed by atoms with Crippen molar-refractivity contribution in [3.8, 4) is 0 Å². The minimum atomic E-state index is 0.313. The molecule has 0 aliphatic heterocycles. The molecule has 0 aromatic carbocycles. The predicted octanol–water partition coefficient (Wildman–Crippen LogP) is 0.192. The fourth-order valence-corrected chi connectivity index (χ4v) is 0.191. The molecule has 0 aliphatic carbocycles. The van der Waals surface area contributed by atoms with E-state index in [4.69, 9.17) is 0 Å². The fraction of sp³-hybridized carbons (Fsp3) is 0.400. The second kappa shape index (κ2) is 3.21. The summed E-state index contributed by atoms with van der Waals surface area (Å²) in [6.45, 7) is 3.38. The Bertz CT molecular complexity index is 101. The highest BCUT2D eigenvalue weighted by atomic mass is 16.7. The lowest BCUT2D eigenvalue weighted by atomic mass is 10.5. The topological polar surface area (TPSA) is 29.5 Å². The largest absolute Gasteiger partial charge is 0.296 e. The lowest BCUT2D eigenvalue weighted by molar-refractivity contribution is -0.116. The number of aldehydes is 1. The van der Waals surface area contributed by atoms with Gasteiger partial charge in [0, 0.05) is 7.05 Å². The first-order chi connectivity index (χ1) is 3.72. The summed E-state index contributed by atoms with van der Waals surface area (Å²) in [4.78, 5) is 14.5. The number of carbonyl (C=O) groups is 1. The van der Waals surface area contributed by atoms with Crippen molar-refractivity contribution in [2.75, 3.05) is 14.2 Å². The van der Waals surface area contributed by atoms with E-state index in [1.165, 1.54) is 12.2 Å². The summed E-state index contributed by atoms with van der Waals surface area (Å²) < 4.78 is 0. The van der Waals surface area contributed by atoms with Gasteiger partial charge in [0.1, 0.15) is 0 Å². The van der Waals surface area contributed by atoms with Crippen LogP contribution in [0.2, 0.25) is 0 Å². The van der Waals surface area contributed by atoms with Crippen LogP contribution in [0.4, 0.5) is 0 Å². The Hall–Kier alpha value is -0.830. The summed E-state index contributed by atoms with van der Waals surface area (Å²) in [5.74, 6) is 0. The van der Waals surface area contributed by atoms with Gasteiger partial charge in [0.25, 0.3) is 0 Å². The monoisotopic (exact) mass is 115 g/mol. The van der Waals surface area contributed by atoms with E-state index in [-0.39, 0.29) is 0 Å². The highest BCUT2D eigenvalue weighted by Gasteiger charge is 1.94. The van der Waals surface area contributed by atoms with Crippen molar-refractivity contribution >= 4 is 6.29 Å². The SMILES string of the molecule is C=C(C=O)N(C)OC. The van der Waals surface area contributed by atoms with Crippen LogP contribution in [0.5, 0.6) is 0 Å². The molecular weight excluding hydrogens is 106 g/mol. The fourth-order valence-electron chi connectivity index (χ4n) is 0.191. The van der Waals surface area contributed by atoms with E-state index in [2.05, 4.69) is 11.4 Å². The highest BCUT2D eigenvalue weighted by Crippen LogP contribution is 1.90. The molecule has 0 saturated carbocycles. The molecule has 3 heteroatoms. The number of hydroxylamine groups is 2. The molecule has 0 aromatic heterocycles. The molecule has 0 radical (unpaired) electrons. The van der Waals surface area contributed by atoms with Gasteiger partial charge in [-0.15, -0.1) is 0 Å². The molecule has 0 rings (SSSR count). The molecule has 0 fully saturated rings. The van der Waals surface area contributed by atoms with Crippen molar-refractivity contribution in [1.29, 1.82) is 0 Å². The number of allylic oxidation sites excluding steroid dienone is 1. The molecule has 0 bridgehead atoms. The Labute approximate surface area is 48.5 Å². The maximum Gasteiger partial charge on any atom is 0.167 e. The number of hydrogen-bond donors (Lipinski definition) is 0. The number of carbonyl (C=O) groups excluding carboxylic acids is 1. The smallest absolute Gasteiger partial charge is 0.167 e. The average molecular weight is 115 g/mol. The number of likely N-dealkylation sites (N-methyl/N-ethyl adjacent to an activating group) is 1. The van der Waals surface area contributed by atoms with Gasteiger partial charge in [0.15, 0.2) is 6.29 Å². The van der Waals surface area contributed by atoms with Gasteiger partial charge < -0.3 is 0 Å². The van der Waals surface area contributed by atoms with Crippen molar-refractivity contribution in [1.82, 2.24) is 5.06 Å². The van der Waals surface area contributed by atoms with E-state index < -0.39 is 0 Å². The summed E-state index contributed by atoms with van der Waals surface area (Å²) in [7, 11) is 3.07. The van der Waals surface area contributed by atoms with Crippen LogP contribution in [0, 0.1) is 0 Å². The zero-order valence-electron chi connectivity index (χ0n) is 5.05. The lowest BCUT2D eigenvalue weighted by Crippen LogP contribution is -2.15. The van der Waals surface area contributed by atoms with E-state index in [0.717, 1.165) is 0 Å². The van der Waals surface area contributed by atoms with Crippen LogP contribution in [0.15, 0.2) is 12.3 Å². The number of rotatable bonds is 3. The molecule has 0 atom stereocenters. The van der Waals surface area contributed by atoms with Gasteiger partial charge in [-0.25, -0.2) is 0 Å². The van der Waals surface area contributed by atoms with E-state index in [9.17, 15) is 4.79 Å². The lowest BCUT2D eigenvalue weighted by Gasteiger charge is -2.12. The number of nitrogens with zero attached hydrogens (tertiary/aromatic N) is 1. The van der Waals surface area contributed by atoms with E-state index >= 15 is 0 Å². The van der Waals surface area contributed by atoms with E-state index in [1.54, 1.807) is 7.05 Å². The first kappa shape index (κ1) is 7.17. The minimum absolute atomic E-state index is 0.313. The first-order valence-corrected chi connectivity index (χ1v) is 2.14. The normalized spacial score (nSPS) is 8.25. The Morgan fingerprint density at radius 3 is 2.50 bits per heavy atom. The van der Waals surface area contributed by atoms with Crippen molar-refractivity contribution in [3.63, 3.8) is 0 Å². The summed E-state index contributed by atoms with van der Waals surface area (Å²) in [5, 5.41) is 1.28. The van der Waals surface area contributed by atoms with Gasteiger partial charge in [-0.1, -0.05) is 6.58 Å². The van der Waals surface area contributed by atoms with Crippen LogP contribution in [0.1, 0.15) is 0 Å². The molecule has 46 valence electrons. The zero-order valence-corrected chi connectivity index (χ0v) is 5.05. The summed E-state index contributed by atoms with van der Waals surface area (Å²) in [5.41, 5.74) is 0.313. The molecule has 0 amide bonds. The van der Waals surface area contributed by atoms with Gasteiger partial charge in [0.2, 0.25) is 0 Å².